The molecule has 140 valence electrons. The van der Waals surface area contributed by atoms with Gasteiger partial charge in [-0.2, -0.15) is 0 Å². The summed E-state index contributed by atoms with van der Waals surface area (Å²) in [5.41, 5.74) is -1.46. The molecule has 0 aromatic rings. The van der Waals surface area contributed by atoms with Gasteiger partial charge in [-0.1, -0.05) is 41.5 Å². The van der Waals surface area contributed by atoms with Gasteiger partial charge in [0, 0.05) is 11.5 Å². The molecule has 0 unspecified atom stereocenters. The Kier molecular flexibility index (Phi) is 2.95. The van der Waals surface area contributed by atoms with E-state index in [9.17, 15) is 9.59 Å². The molecule has 4 bridgehead atoms. The first-order valence-corrected chi connectivity index (χ1v) is 9.82. The minimum Gasteiger partial charge on any atom is -0.448 e. The molecular weight excluding hydrogens is 314 g/mol. The van der Waals surface area contributed by atoms with E-state index in [4.69, 9.17) is 4.74 Å². The normalized spacial score (nSPS) is 51.6. The van der Waals surface area contributed by atoms with E-state index in [1.54, 1.807) is 0 Å². The zero-order chi connectivity index (χ0) is 18.7. The number of esters is 1. The number of carbonyl (C=O) groups excluding carboxylic acids is 2. The molecule has 1 N–H and O–H groups in total. The Bertz CT molecular complexity index is 683. The standard InChI is InChI=1S/C21H33NO3/c1-16(2)18(5)8-9-19(16,6)13(12-18)22-14(23)21-11-10-20(7,15(24)25-21)17(21,3)4/h13H,8-12H2,1-7H3,(H,22,23)/t13-,18-,19-,20-,21+/m1/s1. The zero-order valence-electron chi connectivity index (χ0n) is 16.8. The second-order valence-corrected chi connectivity index (χ2v) is 11.0. The fourth-order valence-corrected chi connectivity index (χ4v) is 6.73. The van der Waals surface area contributed by atoms with Gasteiger partial charge in [0.05, 0.1) is 5.41 Å². The quantitative estimate of drug-likeness (QED) is 0.772. The van der Waals surface area contributed by atoms with E-state index in [0.717, 1.165) is 19.3 Å². The lowest BCUT2D eigenvalue weighted by Gasteiger charge is -2.42. The van der Waals surface area contributed by atoms with Gasteiger partial charge in [0.1, 0.15) is 0 Å². The maximum Gasteiger partial charge on any atom is 0.313 e. The third kappa shape index (κ3) is 1.54. The van der Waals surface area contributed by atoms with Crippen LogP contribution in [0.3, 0.4) is 0 Å². The lowest BCUT2D eigenvalue weighted by molar-refractivity contribution is -0.169. The maximum atomic E-state index is 13.4. The monoisotopic (exact) mass is 347 g/mol. The number of rotatable bonds is 2. The molecule has 3 aliphatic carbocycles. The highest BCUT2D eigenvalue weighted by Gasteiger charge is 2.76. The third-order valence-corrected chi connectivity index (χ3v) is 10.3. The summed E-state index contributed by atoms with van der Waals surface area (Å²) in [6, 6.07) is 0.157. The van der Waals surface area contributed by atoms with Crippen molar-refractivity contribution in [1.29, 1.82) is 0 Å². The van der Waals surface area contributed by atoms with Gasteiger partial charge in [-0.15, -0.1) is 0 Å². The van der Waals surface area contributed by atoms with E-state index in [2.05, 4.69) is 33.0 Å². The molecule has 4 rings (SSSR count). The number of hydrogen-bond donors (Lipinski definition) is 1. The topological polar surface area (TPSA) is 55.4 Å². The first kappa shape index (κ1) is 17.4. The smallest absolute Gasteiger partial charge is 0.313 e. The molecule has 1 saturated heterocycles. The summed E-state index contributed by atoms with van der Waals surface area (Å²) in [6.45, 7) is 15.4. The van der Waals surface area contributed by atoms with Crippen LogP contribution in [0.1, 0.15) is 80.6 Å². The van der Waals surface area contributed by atoms with Crippen molar-refractivity contribution in [2.75, 3.05) is 0 Å². The minimum atomic E-state index is -0.998. The van der Waals surface area contributed by atoms with Gasteiger partial charge >= 0.3 is 5.97 Å². The molecule has 0 radical (unpaired) electrons. The predicted octanol–water partition coefficient (Wildman–Crippen LogP) is 3.83. The number of ether oxygens (including phenoxy) is 1. The summed E-state index contributed by atoms with van der Waals surface area (Å²) >= 11 is 0. The molecule has 1 amide bonds. The number of fused-ring (bicyclic) bond motifs is 4. The van der Waals surface area contributed by atoms with E-state index >= 15 is 0 Å². The largest absolute Gasteiger partial charge is 0.448 e. The Hall–Kier alpha value is -1.06. The molecule has 4 aliphatic rings. The maximum absolute atomic E-state index is 13.4. The van der Waals surface area contributed by atoms with Gasteiger partial charge in [-0.05, 0) is 55.3 Å². The van der Waals surface area contributed by atoms with Crippen LogP contribution in [0.15, 0.2) is 0 Å². The van der Waals surface area contributed by atoms with Gasteiger partial charge in [0.2, 0.25) is 0 Å². The first-order chi connectivity index (χ1) is 11.3. The molecule has 0 aromatic carbocycles. The van der Waals surface area contributed by atoms with Crippen molar-refractivity contribution >= 4 is 11.9 Å². The second kappa shape index (κ2) is 4.26. The molecule has 1 heterocycles. The van der Waals surface area contributed by atoms with E-state index in [-0.39, 0.29) is 34.2 Å². The first-order valence-electron chi connectivity index (χ1n) is 9.82. The summed E-state index contributed by atoms with van der Waals surface area (Å²) in [5.74, 6) is -0.268. The summed E-state index contributed by atoms with van der Waals surface area (Å²) in [5, 5.41) is 3.37. The third-order valence-electron chi connectivity index (χ3n) is 10.3. The van der Waals surface area contributed by atoms with Gasteiger partial charge < -0.3 is 10.1 Å². The van der Waals surface area contributed by atoms with E-state index in [1.807, 2.05) is 20.8 Å². The average molecular weight is 347 g/mol. The number of hydrogen-bond acceptors (Lipinski definition) is 3. The molecule has 3 saturated carbocycles. The van der Waals surface area contributed by atoms with E-state index in [0.29, 0.717) is 6.42 Å². The van der Waals surface area contributed by atoms with Crippen molar-refractivity contribution in [3.8, 4) is 0 Å². The van der Waals surface area contributed by atoms with E-state index in [1.165, 1.54) is 6.42 Å². The van der Waals surface area contributed by atoms with Crippen LogP contribution >= 0.6 is 0 Å². The molecule has 4 nitrogen and oxygen atoms in total. The van der Waals surface area contributed by atoms with Crippen LogP contribution in [0.4, 0.5) is 0 Å². The van der Waals surface area contributed by atoms with Crippen LogP contribution in [-0.2, 0) is 14.3 Å². The van der Waals surface area contributed by atoms with Gasteiger partial charge in [-0.3, -0.25) is 9.59 Å². The minimum absolute atomic E-state index is 0.0646. The van der Waals surface area contributed by atoms with Crippen molar-refractivity contribution in [3.63, 3.8) is 0 Å². The van der Waals surface area contributed by atoms with Crippen molar-refractivity contribution in [1.82, 2.24) is 5.32 Å². The molecule has 4 fully saturated rings. The summed E-state index contributed by atoms with van der Waals surface area (Å²) < 4.78 is 5.78. The summed E-state index contributed by atoms with van der Waals surface area (Å²) in [7, 11) is 0. The summed E-state index contributed by atoms with van der Waals surface area (Å²) in [4.78, 5) is 25.9. The Balaban J connectivity index is 1.64. The molecule has 1 aliphatic heterocycles. The van der Waals surface area contributed by atoms with Gasteiger partial charge in [-0.25, -0.2) is 0 Å². The lowest BCUT2D eigenvalue weighted by atomic mass is 9.65. The highest BCUT2D eigenvalue weighted by molar-refractivity contribution is 5.96. The fourth-order valence-electron chi connectivity index (χ4n) is 6.73. The van der Waals surface area contributed by atoms with E-state index < -0.39 is 16.4 Å². The zero-order valence-corrected chi connectivity index (χ0v) is 16.8. The van der Waals surface area contributed by atoms with Crippen LogP contribution < -0.4 is 5.32 Å². The Morgan fingerprint density at radius 2 is 1.60 bits per heavy atom. The highest BCUT2D eigenvalue weighted by Crippen LogP contribution is 2.72. The Morgan fingerprint density at radius 1 is 0.960 bits per heavy atom. The highest BCUT2D eigenvalue weighted by atomic mass is 16.6. The van der Waals surface area contributed by atoms with Crippen LogP contribution in [0.2, 0.25) is 0 Å². The Morgan fingerprint density at radius 3 is 2.00 bits per heavy atom. The Labute approximate surface area is 151 Å². The van der Waals surface area contributed by atoms with Crippen molar-refractivity contribution < 1.29 is 14.3 Å². The molecule has 4 heteroatoms. The van der Waals surface area contributed by atoms with Gasteiger partial charge in [0.25, 0.3) is 5.91 Å². The van der Waals surface area contributed by atoms with Gasteiger partial charge in [0.15, 0.2) is 5.60 Å². The second-order valence-electron chi connectivity index (χ2n) is 11.0. The molecular formula is C21H33NO3. The lowest BCUT2D eigenvalue weighted by Crippen LogP contribution is -2.58. The predicted molar refractivity (Wildman–Crippen MR) is 95.7 cm³/mol. The molecule has 25 heavy (non-hydrogen) atoms. The van der Waals surface area contributed by atoms with Crippen LogP contribution in [-0.4, -0.2) is 23.5 Å². The SMILES string of the molecule is CC1(C)[C@@]2(C(=O)N[C@@H]3C[C@@]4(C)CC[C@@]3(C)C4(C)C)CC[C@]1(C)C(=O)O2. The molecule has 5 atom stereocenters. The molecule has 0 aromatic heterocycles. The molecule has 0 spiro atoms. The average Bonchev–Trinajstić information content (AvgIpc) is 2.94. The van der Waals surface area contributed by atoms with Crippen molar-refractivity contribution in [2.45, 2.75) is 92.2 Å². The number of amides is 1. The summed E-state index contributed by atoms with van der Waals surface area (Å²) in [6.07, 6.45) is 4.77. The van der Waals surface area contributed by atoms with Crippen LogP contribution in [0, 0.1) is 27.1 Å². The number of nitrogens with one attached hydrogen (secondary N) is 1. The van der Waals surface area contributed by atoms with Crippen LogP contribution in [0.25, 0.3) is 0 Å². The van der Waals surface area contributed by atoms with Crippen LogP contribution in [0.5, 0.6) is 0 Å². The van der Waals surface area contributed by atoms with Crippen molar-refractivity contribution in [2.24, 2.45) is 27.1 Å². The van der Waals surface area contributed by atoms with Crippen molar-refractivity contribution in [3.05, 3.63) is 0 Å². The fraction of sp³-hybridized carbons (Fsp3) is 0.905. The number of carbonyl (C=O) groups is 2.